The number of hydrogen-bond donors (Lipinski definition) is 1. The molecule has 1 N–H and O–H groups in total. The molecule has 26 heavy (non-hydrogen) atoms. The van der Waals surface area contributed by atoms with Crippen LogP contribution in [-0.2, 0) is 14.3 Å². The summed E-state index contributed by atoms with van der Waals surface area (Å²) in [5.41, 5.74) is 1.41. The minimum atomic E-state index is -0.640. The fourth-order valence-electron chi connectivity index (χ4n) is 3.60. The van der Waals surface area contributed by atoms with Gasteiger partial charge in [-0.1, -0.05) is 38.1 Å². The number of ether oxygens (including phenoxy) is 1. The Labute approximate surface area is 153 Å². The van der Waals surface area contributed by atoms with Crippen LogP contribution < -0.4 is 5.32 Å². The molecule has 3 rings (SSSR count). The first-order valence-corrected chi connectivity index (χ1v) is 9.03. The first-order valence-electron chi connectivity index (χ1n) is 9.03. The third-order valence-electron chi connectivity index (χ3n) is 4.98. The molecule has 6 heteroatoms. The molecule has 0 aromatic heterocycles. The monoisotopic (exact) mass is 356 g/mol. The number of ketones is 1. The number of nitrogens with one attached hydrogen (secondary N) is 1. The predicted molar refractivity (Wildman–Crippen MR) is 97.6 cm³/mol. The Hall–Kier alpha value is -2.47. The highest BCUT2D eigenvalue weighted by Gasteiger charge is 2.47. The van der Waals surface area contributed by atoms with E-state index in [-0.39, 0.29) is 30.3 Å². The van der Waals surface area contributed by atoms with Gasteiger partial charge in [0.2, 0.25) is 5.91 Å². The highest BCUT2D eigenvalue weighted by molar-refractivity contribution is 5.99. The Morgan fingerprint density at radius 3 is 2.77 bits per heavy atom. The molecule has 0 saturated carbocycles. The minimum Gasteiger partial charge on any atom is -0.368 e. The van der Waals surface area contributed by atoms with Gasteiger partial charge < -0.3 is 15.0 Å². The number of carbonyl (C=O) groups excluding carboxylic acids is 3. The van der Waals surface area contributed by atoms with Gasteiger partial charge in [-0.15, -0.1) is 0 Å². The number of hydrogen-bond acceptors (Lipinski definition) is 4. The Bertz CT molecular complexity index is 713. The molecule has 0 aliphatic carbocycles. The van der Waals surface area contributed by atoms with E-state index in [1.807, 2.05) is 6.92 Å². The van der Waals surface area contributed by atoms with Crippen molar-refractivity contribution in [2.75, 3.05) is 13.2 Å². The Kier molecular flexibility index (Phi) is 5.52. The zero-order valence-electron chi connectivity index (χ0n) is 14.9. The molecule has 0 bridgehead atoms. The first-order chi connectivity index (χ1) is 12.5. The fraction of sp³-hybridized carbons (Fsp3) is 0.450. The number of benzene rings is 1. The lowest BCUT2D eigenvalue weighted by atomic mass is 10.1. The van der Waals surface area contributed by atoms with Crippen molar-refractivity contribution in [2.24, 2.45) is 0 Å². The van der Waals surface area contributed by atoms with Crippen LogP contribution in [0.1, 0.15) is 42.1 Å². The lowest BCUT2D eigenvalue weighted by Gasteiger charge is -2.27. The molecule has 138 valence electrons. The highest BCUT2D eigenvalue weighted by atomic mass is 16.5. The van der Waals surface area contributed by atoms with Crippen molar-refractivity contribution >= 4 is 23.7 Å². The van der Waals surface area contributed by atoms with Gasteiger partial charge >= 0.3 is 0 Å². The van der Waals surface area contributed by atoms with Gasteiger partial charge in [-0.2, -0.15) is 0 Å². The second kappa shape index (κ2) is 7.83. The van der Waals surface area contributed by atoms with Crippen molar-refractivity contribution in [3.8, 4) is 0 Å². The Balaban J connectivity index is 1.71. The van der Waals surface area contributed by atoms with E-state index >= 15 is 0 Å². The van der Waals surface area contributed by atoms with Crippen molar-refractivity contribution in [3.05, 3.63) is 42.0 Å². The number of amides is 2. The summed E-state index contributed by atoms with van der Waals surface area (Å²) in [7, 11) is 0. The largest absolute Gasteiger partial charge is 0.368 e. The van der Waals surface area contributed by atoms with E-state index < -0.39 is 12.1 Å². The molecule has 3 atom stereocenters. The van der Waals surface area contributed by atoms with Crippen LogP contribution in [0.4, 0.5) is 0 Å². The highest BCUT2D eigenvalue weighted by Crippen LogP contribution is 2.28. The predicted octanol–water partition coefficient (Wildman–Crippen LogP) is 1.80. The maximum absolute atomic E-state index is 13.0. The van der Waals surface area contributed by atoms with Crippen LogP contribution >= 0.6 is 0 Å². The third-order valence-corrected chi connectivity index (χ3v) is 4.98. The van der Waals surface area contributed by atoms with Crippen molar-refractivity contribution in [3.63, 3.8) is 0 Å². The van der Waals surface area contributed by atoms with Crippen LogP contribution in [0.3, 0.4) is 0 Å². The van der Waals surface area contributed by atoms with Crippen LogP contribution in [0.15, 0.2) is 30.8 Å². The third kappa shape index (κ3) is 3.55. The van der Waals surface area contributed by atoms with Gasteiger partial charge in [0.25, 0.3) is 5.91 Å². The van der Waals surface area contributed by atoms with E-state index in [2.05, 4.69) is 11.9 Å². The zero-order chi connectivity index (χ0) is 18.7. The molecule has 2 amide bonds. The summed E-state index contributed by atoms with van der Waals surface area (Å²) in [4.78, 5) is 39.1. The molecule has 2 aliphatic rings. The van der Waals surface area contributed by atoms with E-state index in [4.69, 9.17) is 4.74 Å². The smallest absolute Gasteiger partial charge is 0.251 e. The van der Waals surface area contributed by atoms with E-state index in [1.54, 1.807) is 35.2 Å². The molecule has 2 heterocycles. The van der Waals surface area contributed by atoms with Gasteiger partial charge in [0.05, 0.1) is 6.10 Å². The minimum absolute atomic E-state index is 0.0533. The van der Waals surface area contributed by atoms with Gasteiger partial charge in [0, 0.05) is 12.1 Å². The standard InChI is InChI=1S/C20H24N2O4/c1-3-5-15(21-19(24)14-8-6-13(4-2)7-9-14)20(25)22-11-10-17-18(22)16(23)12-26-17/h4,6-9,15,17-18H,2-3,5,10-12H2,1H3,(H,21,24). The topological polar surface area (TPSA) is 75.7 Å². The molecule has 2 saturated heterocycles. The molecule has 3 unspecified atom stereocenters. The summed E-state index contributed by atoms with van der Waals surface area (Å²) in [5, 5.41) is 2.83. The number of Topliss-reactive ketones (excluding diaryl/α,β-unsaturated/α-hetero) is 1. The van der Waals surface area contributed by atoms with Gasteiger partial charge in [-0.05, 0) is 30.5 Å². The number of nitrogens with zero attached hydrogens (tertiary/aromatic N) is 1. The van der Waals surface area contributed by atoms with Crippen molar-refractivity contribution in [1.82, 2.24) is 10.2 Å². The molecule has 2 aliphatic heterocycles. The SMILES string of the molecule is C=Cc1ccc(C(=O)NC(CCC)C(=O)N2CCC3OCC(=O)C32)cc1. The first kappa shape index (κ1) is 18.3. The summed E-state index contributed by atoms with van der Waals surface area (Å²) >= 11 is 0. The van der Waals surface area contributed by atoms with Crippen LogP contribution in [-0.4, -0.2) is 53.8 Å². The van der Waals surface area contributed by atoms with Crippen LogP contribution in [0.2, 0.25) is 0 Å². The lowest BCUT2D eigenvalue weighted by Crippen LogP contribution is -2.52. The van der Waals surface area contributed by atoms with Gasteiger partial charge in [-0.25, -0.2) is 0 Å². The molecule has 1 aromatic rings. The van der Waals surface area contributed by atoms with Crippen LogP contribution in [0.25, 0.3) is 6.08 Å². The summed E-state index contributed by atoms with van der Waals surface area (Å²) in [5.74, 6) is -0.547. The van der Waals surface area contributed by atoms with Crippen molar-refractivity contribution < 1.29 is 19.1 Å². The van der Waals surface area contributed by atoms with Gasteiger partial charge in [-0.3, -0.25) is 14.4 Å². The van der Waals surface area contributed by atoms with Gasteiger partial charge in [0.1, 0.15) is 18.7 Å². The average Bonchev–Trinajstić information content (AvgIpc) is 3.24. The molecular formula is C20H24N2O4. The molecule has 6 nitrogen and oxygen atoms in total. The lowest BCUT2D eigenvalue weighted by molar-refractivity contribution is -0.138. The number of fused-ring (bicyclic) bond motifs is 1. The zero-order valence-corrected chi connectivity index (χ0v) is 14.9. The molecule has 1 aromatic carbocycles. The number of likely N-dealkylation sites (tertiary alicyclic amines) is 1. The second-order valence-corrected chi connectivity index (χ2v) is 6.72. The molecular weight excluding hydrogens is 332 g/mol. The fourth-order valence-corrected chi connectivity index (χ4v) is 3.60. The van der Waals surface area contributed by atoms with Gasteiger partial charge in [0.15, 0.2) is 5.78 Å². The molecule has 0 radical (unpaired) electrons. The maximum Gasteiger partial charge on any atom is 0.251 e. The van der Waals surface area contributed by atoms with Crippen molar-refractivity contribution in [2.45, 2.75) is 44.4 Å². The number of carbonyl (C=O) groups is 3. The molecule has 0 spiro atoms. The Morgan fingerprint density at radius 1 is 1.38 bits per heavy atom. The summed E-state index contributed by atoms with van der Waals surface area (Å²) < 4.78 is 5.44. The molecule has 2 fully saturated rings. The van der Waals surface area contributed by atoms with Crippen LogP contribution in [0.5, 0.6) is 0 Å². The van der Waals surface area contributed by atoms with Crippen LogP contribution in [0, 0.1) is 0 Å². The quantitative estimate of drug-likeness (QED) is 0.843. The van der Waals surface area contributed by atoms with E-state index in [9.17, 15) is 14.4 Å². The van der Waals surface area contributed by atoms with Crippen molar-refractivity contribution in [1.29, 1.82) is 0 Å². The summed E-state index contributed by atoms with van der Waals surface area (Å²) in [6, 6.07) is 5.89. The summed E-state index contributed by atoms with van der Waals surface area (Å²) in [6.07, 6.45) is 3.44. The van der Waals surface area contributed by atoms with E-state index in [1.165, 1.54) is 0 Å². The number of rotatable bonds is 6. The summed E-state index contributed by atoms with van der Waals surface area (Å²) in [6.45, 7) is 6.21. The van der Waals surface area contributed by atoms with E-state index in [0.717, 1.165) is 12.0 Å². The second-order valence-electron chi connectivity index (χ2n) is 6.72. The Morgan fingerprint density at radius 2 is 2.12 bits per heavy atom. The average molecular weight is 356 g/mol. The van der Waals surface area contributed by atoms with E-state index in [0.29, 0.717) is 24.9 Å². The maximum atomic E-state index is 13.0. The normalized spacial score (nSPS) is 22.8.